The quantitative estimate of drug-likeness (QED) is 0.237. The zero-order valence-electron chi connectivity index (χ0n) is 16.4. The van der Waals surface area contributed by atoms with Gasteiger partial charge in [0.25, 0.3) is 0 Å². The van der Waals surface area contributed by atoms with Crippen LogP contribution in [0, 0.1) is 6.92 Å². The van der Waals surface area contributed by atoms with Gasteiger partial charge >= 0.3 is 0 Å². The molecule has 2 N–H and O–H groups in total. The smallest absolute Gasteiger partial charge is 0.190 e. The zero-order valence-corrected chi connectivity index (χ0v) is 19.5. The van der Waals surface area contributed by atoms with Gasteiger partial charge in [-0.15, -0.1) is 35.3 Å². The molecule has 0 atom stereocenters. The second kappa shape index (κ2) is 12.8. The molecule has 0 saturated heterocycles. The van der Waals surface area contributed by atoms with Crippen molar-refractivity contribution in [2.75, 3.05) is 34.4 Å². The first-order valence-electron chi connectivity index (χ1n) is 8.73. The maximum atomic E-state index is 5.35. The van der Waals surface area contributed by atoms with E-state index in [0.717, 1.165) is 54.8 Å². The SMILES string of the molecule is CN=C(NCCCc1ccc(OC)c(OC)c1)NCCc1ncc(C)s1.I. The molecule has 0 aliphatic carbocycles. The van der Waals surface area contributed by atoms with Crippen molar-refractivity contribution in [3.63, 3.8) is 0 Å². The van der Waals surface area contributed by atoms with Gasteiger partial charge in [0.15, 0.2) is 17.5 Å². The number of rotatable bonds is 9. The summed E-state index contributed by atoms with van der Waals surface area (Å²) >= 11 is 1.74. The molecule has 0 amide bonds. The molecule has 0 aliphatic rings. The maximum Gasteiger partial charge on any atom is 0.190 e. The van der Waals surface area contributed by atoms with Crippen molar-refractivity contribution in [2.24, 2.45) is 4.99 Å². The average molecular weight is 504 g/mol. The number of nitrogens with one attached hydrogen (secondary N) is 2. The first-order chi connectivity index (χ1) is 12.7. The van der Waals surface area contributed by atoms with Crippen molar-refractivity contribution in [2.45, 2.75) is 26.2 Å². The van der Waals surface area contributed by atoms with Crippen molar-refractivity contribution in [1.29, 1.82) is 0 Å². The van der Waals surface area contributed by atoms with Crippen LogP contribution in [0.3, 0.4) is 0 Å². The Balaban J connectivity index is 0.00000364. The van der Waals surface area contributed by atoms with Gasteiger partial charge in [-0.3, -0.25) is 4.99 Å². The summed E-state index contributed by atoms with van der Waals surface area (Å²) in [6.07, 6.45) is 4.79. The van der Waals surface area contributed by atoms with E-state index < -0.39 is 0 Å². The Morgan fingerprint density at radius 2 is 1.85 bits per heavy atom. The largest absolute Gasteiger partial charge is 0.493 e. The van der Waals surface area contributed by atoms with Gasteiger partial charge in [0.2, 0.25) is 0 Å². The van der Waals surface area contributed by atoms with E-state index in [9.17, 15) is 0 Å². The number of methoxy groups -OCH3 is 2. The van der Waals surface area contributed by atoms with E-state index in [2.05, 4.69) is 33.6 Å². The number of aromatic nitrogens is 1. The van der Waals surface area contributed by atoms with Gasteiger partial charge in [-0.25, -0.2) is 4.98 Å². The summed E-state index contributed by atoms with van der Waals surface area (Å²) in [6.45, 7) is 3.75. The lowest BCUT2D eigenvalue weighted by molar-refractivity contribution is 0.354. The number of hydrogen-bond donors (Lipinski definition) is 2. The summed E-state index contributed by atoms with van der Waals surface area (Å²) in [7, 11) is 5.10. The van der Waals surface area contributed by atoms with Crippen molar-refractivity contribution in [3.05, 3.63) is 39.8 Å². The first-order valence-corrected chi connectivity index (χ1v) is 9.54. The molecule has 2 aromatic rings. The molecule has 0 fully saturated rings. The normalized spacial score (nSPS) is 10.9. The van der Waals surface area contributed by atoms with Gasteiger partial charge in [-0.1, -0.05) is 6.07 Å². The zero-order chi connectivity index (χ0) is 18.8. The highest BCUT2D eigenvalue weighted by Crippen LogP contribution is 2.27. The molecule has 0 unspecified atom stereocenters. The molecule has 1 aromatic carbocycles. The molecule has 6 nitrogen and oxygen atoms in total. The number of ether oxygens (including phenoxy) is 2. The number of benzene rings is 1. The van der Waals surface area contributed by atoms with Crippen LogP contribution in [-0.2, 0) is 12.8 Å². The highest BCUT2D eigenvalue weighted by molar-refractivity contribution is 14.0. The molecule has 27 heavy (non-hydrogen) atoms. The molecule has 0 aliphatic heterocycles. The van der Waals surface area contributed by atoms with Crippen LogP contribution < -0.4 is 20.1 Å². The molecule has 0 radical (unpaired) electrons. The first kappa shape index (κ1) is 23.5. The van der Waals surface area contributed by atoms with Crippen molar-refractivity contribution >= 4 is 41.3 Å². The van der Waals surface area contributed by atoms with Crippen molar-refractivity contribution in [3.8, 4) is 11.5 Å². The van der Waals surface area contributed by atoms with E-state index >= 15 is 0 Å². The van der Waals surface area contributed by atoms with Crippen molar-refractivity contribution in [1.82, 2.24) is 15.6 Å². The monoisotopic (exact) mass is 504 g/mol. The predicted octanol–water partition coefficient (Wildman–Crippen LogP) is 3.43. The Labute approximate surface area is 182 Å². The van der Waals surface area contributed by atoms with E-state index in [0.29, 0.717) is 0 Å². The Hall–Kier alpha value is -1.55. The summed E-state index contributed by atoms with van der Waals surface area (Å²) in [5.41, 5.74) is 1.23. The van der Waals surface area contributed by atoms with Crippen LogP contribution in [0.4, 0.5) is 0 Å². The number of nitrogens with zero attached hydrogens (tertiary/aromatic N) is 2. The van der Waals surface area contributed by atoms with Crippen LogP contribution in [-0.4, -0.2) is 45.3 Å². The summed E-state index contributed by atoms with van der Waals surface area (Å²) in [6, 6.07) is 6.05. The van der Waals surface area contributed by atoms with Crippen LogP contribution in [0.5, 0.6) is 11.5 Å². The number of aliphatic imine (C=N–C) groups is 1. The van der Waals surface area contributed by atoms with Gasteiger partial charge < -0.3 is 20.1 Å². The summed E-state index contributed by atoms with van der Waals surface area (Å²) in [4.78, 5) is 9.88. The topological polar surface area (TPSA) is 67.8 Å². The van der Waals surface area contributed by atoms with E-state index in [4.69, 9.17) is 9.47 Å². The van der Waals surface area contributed by atoms with E-state index in [1.54, 1.807) is 32.6 Å². The predicted molar refractivity (Wildman–Crippen MR) is 123 cm³/mol. The number of hydrogen-bond acceptors (Lipinski definition) is 5. The third kappa shape index (κ3) is 7.92. The lowest BCUT2D eigenvalue weighted by Crippen LogP contribution is -2.38. The van der Waals surface area contributed by atoms with Gasteiger partial charge in [0.05, 0.1) is 19.2 Å². The maximum absolute atomic E-state index is 5.35. The molecule has 2 rings (SSSR count). The van der Waals surface area contributed by atoms with Gasteiger partial charge in [0.1, 0.15) is 0 Å². The number of guanidine groups is 1. The van der Waals surface area contributed by atoms with Gasteiger partial charge in [0, 0.05) is 37.6 Å². The van der Waals surface area contributed by atoms with Gasteiger partial charge in [-0.2, -0.15) is 0 Å². The summed E-state index contributed by atoms with van der Waals surface area (Å²) in [5.74, 6) is 2.35. The lowest BCUT2D eigenvalue weighted by atomic mass is 10.1. The molecule has 150 valence electrons. The summed E-state index contributed by atoms with van der Waals surface area (Å²) in [5, 5.41) is 7.83. The fraction of sp³-hybridized carbons (Fsp3) is 0.474. The van der Waals surface area contributed by atoms with E-state index in [-0.39, 0.29) is 24.0 Å². The second-order valence-electron chi connectivity index (χ2n) is 5.83. The third-order valence-corrected chi connectivity index (χ3v) is 4.88. The Kier molecular flexibility index (Phi) is 11.1. The minimum atomic E-state index is 0. The average Bonchev–Trinajstić information content (AvgIpc) is 3.08. The third-order valence-electron chi connectivity index (χ3n) is 3.91. The Morgan fingerprint density at radius 1 is 1.11 bits per heavy atom. The number of halogens is 1. The van der Waals surface area contributed by atoms with Crippen LogP contribution in [0.15, 0.2) is 29.4 Å². The molecular formula is C19H29IN4O2S. The Morgan fingerprint density at radius 3 is 2.48 bits per heavy atom. The minimum Gasteiger partial charge on any atom is -0.493 e. The van der Waals surface area contributed by atoms with E-state index in [1.807, 2.05) is 18.3 Å². The molecular weight excluding hydrogens is 475 g/mol. The summed E-state index contributed by atoms with van der Waals surface area (Å²) < 4.78 is 10.6. The van der Waals surface area contributed by atoms with Crippen LogP contribution >= 0.6 is 35.3 Å². The van der Waals surface area contributed by atoms with Crippen LogP contribution in [0.1, 0.15) is 21.9 Å². The molecule has 0 bridgehead atoms. The Bertz CT molecular complexity index is 721. The molecule has 8 heteroatoms. The number of thiazole rings is 1. The standard InChI is InChI=1S/C19H28N4O2S.HI/c1-14-13-23-18(26-14)9-11-22-19(20-2)21-10-5-6-15-7-8-16(24-3)17(12-15)25-4;/h7-8,12-13H,5-6,9-11H2,1-4H3,(H2,20,21,22);1H. The fourth-order valence-corrected chi connectivity index (χ4v) is 3.35. The molecule has 1 heterocycles. The number of aryl methyl sites for hydroxylation is 2. The molecule has 1 aromatic heterocycles. The molecule has 0 spiro atoms. The second-order valence-corrected chi connectivity index (χ2v) is 7.15. The highest BCUT2D eigenvalue weighted by atomic mass is 127. The minimum absolute atomic E-state index is 0. The lowest BCUT2D eigenvalue weighted by Gasteiger charge is -2.12. The van der Waals surface area contributed by atoms with Crippen molar-refractivity contribution < 1.29 is 9.47 Å². The highest BCUT2D eigenvalue weighted by Gasteiger charge is 2.05. The fourth-order valence-electron chi connectivity index (χ4n) is 2.56. The van der Waals surface area contributed by atoms with E-state index in [1.165, 1.54) is 10.4 Å². The van der Waals surface area contributed by atoms with Crippen LogP contribution in [0.25, 0.3) is 0 Å². The van der Waals surface area contributed by atoms with Gasteiger partial charge in [-0.05, 0) is 37.5 Å². The van der Waals surface area contributed by atoms with Crippen LogP contribution in [0.2, 0.25) is 0 Å². The molecule has 0 saturated carbocycles.